The maximum absolute atomic E-state index is 12.4. The first-order chi connectivity index (χ1) is 10.6. The van der Waals surface area contributed by atoms with Gasteiger partial charge in [0.05, 0.1) is 11.8 Å². The molecule has 1 aromatic rings. The minimum Gasteiger partial charge on any atom is -0.342 e. The molecular weight excluding hydrogens is 300 g/mol. The molecule has 1 heterocycles. The van der Waals surface area contributed by atoms with Crippen LogP contribution in [0.15, 0.2) is 18.2 Å². The van der Waals surface area contributed by atoms with Crippen LogP contribution in [0.25, 0.3) is 0 Å². The quantitative estimate of drug-likeness (QED) is 0.929. The first-order valence-corrected chi connectivity index (χ1v) is 8.30. The second-order valence-corrected chi connectivity index (χ2v) is 6.64. The van der Waals surface area contributed by atoms with Gasteiger partial charge in [-0.2, -0.15) is 0 Å². The van der Waals surface area contributed by atoms with E-state index in [0.29, 0.717) is 11.4 Å². The van der Waals surface area contributed by atoms with Crippen molar-refractivity contribution in [1.29, 1.82) is 0 Å². The SMILES string of the molecule is Cc1c(Cl)cccc1NC(=O)C1CC1C(=O)N1CCCCC1. The predicted molar refractivity (Wildman–Crippen MR) is 86.8 cm³/mol. The molecule has 2 unspecified atom stereocenters. The smallest absolute Gasteiger partial charge is 0.228 e. The summed E-state index contributed by atoms with van der Waals surface area (Å²) in [7, 11) is 0. The fraction of sp³-hybridized carbons (Fsp3) is 0.529. The molecule has 1 aromatic carbocycles. The number of amides is 2. The number of rotatable bonds is 3. The number of likely N-dealkylation sites (tertiary alicyclic amines) is 1. The Labute approximate surface area is 135 Å². The number of anilines is 1. The number of nitrogens with zero attached hydrogens (tertiary/aromatic N) is 1. The van der Waals surface area contributed by atoms with Crippen molar-refractivity contribution < 1.29 is 9.59 Å². The van der Waals surface area contributed by atoms with Gasteiger partial charge in [-0.25, -0.2) is 0 Å². The highest BCUT2D eigenvalue weighted by Gasteiger charge is 2.49. The average molecular weight is 321 g/mol. The number of hydrogen-bond acceptors (Lipinski definition) is 2. The molecule has 3 rings (SSSR count). The van der Waals surface area contributed by atoms with E-state index in [1.54, 1.807) is 6.07 Å². The molecule has 5 heteroatoms. The standard InChI is InChI=1S/C17H21ClN2O2/c1-11-14(18)6-5-7-15(11)19-16(21)12-10-13(12)17(22)20-8-3-2-4-9-20/h5-7,12-13H,2-4,8-10H2,1H3,(H,19,21). The van der Waals surface area contributed by atoms with Gasteiger partial charge in [0.25, 0.3) is 0 Å². The summed E-state index contributed by atoms with van der Waals surface area (Å²) < 4.78 is 0. The number of piperidine rings is 1. The molecule has 2 aliphatic rings. The van der Waals surface area contributed by atoms with E-state index < -0.39 is 0 Å². The lowest BCUT2D eigenvalue weighted by Gasteiger charge is -2.26. The van der Waals surface area contributed by atoms with Gasteiger partial charge in [0, 0.05) is 23.8 Å². The van der Waals surface area contributed by atoms with Crippen LogP contribution in [0.2, 0.25) is 5.02 Å². The summed E-state index contributed by atoms with van der Waals surface area (Å²) in [4.78, 5) is 26.6. The van der Waals surface area contributed by atoms with Crippen molar-refractivity contribution in [2.24, 2.45) is 11.8 Å². The van der Waals surface area contributed by atoms with E-state index in [-0.39, 0.29) is 23.7 Å². The third-order valence-electron chi connectivity index (χ3n) is 4.64. The summed E-state index contributed by atoms with van der Waals surface area (Å²) in [6.07, 6.45) is 4.03. The van der Waals surface area contributed by atoms with Gasteiger partial charge < -0.3 is 10.2 Å². The van der Waals surface area contributed by atoms with Crippen molar-refractivity contribution in [1.82, 2.24) is 4.90 Å². The van der Waals surface area contributed by atoms with Gasteiger partial charge in [-0.3, -0.25) is 9.59 Å². The second-order valence-electron chi connectivity index (χ2n) is 6.24. The Morgan fingerprint density at radius 3 is 2.64 bits per heavy atom. The summed E-state index contributed by atoms with van der Waals surface area (Å²) >= 11 is 6.06. The fourth-order valence-corrected chi connectivity index (χ4v) is 3.25. The summed E-state index contributed by atoms with van der Waals surface area (Å²) in [5.74, 6) is -0.228. The van der Waals surface area contributed by atoms with Gasteiger partial charge in [-0.05, 0) is 50.3 Å². The van der Waals surface area contributed by atoms with Gasteiger partial charge in [0.15, 0.2) is 0 Å². The van der Waals surface area contributed by atoms with Crippen LogP contribution in [0.3, 0.4) is 0 Å². The average Bonchev–Trinajstić information content (AvgIpc) is 3.32. The minimum absolute atomic E-state index is 0.0688. The minimum atomic E-state index is -0.187. The third-order valence-corrected chi connectivity index (χ3v) is 5.05. The second kappa shape index (κ2) is 6.29. The van der Waals surface area contributed by atoms with E-state index in [4.69, 9.17) is 11.6 Å². The molecule has 0 radical (unpaired) electrons. The van der Waals surface area contributed by atoms with Crippen molar-refractivity contribution >= 4 is 29.1 Å². The predicted octanol–water partition coefficient (Wildman–Crippen LogP) is 3.24. The van der Waals surface area contributed by atoms with Crippen LogP contribution in [-0.4, -0.2) is 29.8 Å². The van der Waals surface area contributed by atoms with Crippen LogP contribution in [0.5, 0.6) is 0 Å². The molecular formula is C17H21ClN2O2. The van der Waals surface area contributed by atoms with Crippen molar-refractivity contribution in [3.8, 4) is 0 Å². The lowest BCUT2D eigenvalue weighted by molar-refractivity contribution is -0.134. The van der Waals surface area contributed by atoms with Crippen molar-refractivity contribution in [2.45, 2.75) is 32.6 Å². The van der Waals surface area contributed by atoms with Crippen LogP contribution in [0, 0.1) is 18.8 Å². The summed E-state index contributed by atoms with van der Waals surface area (Å²) in [5.41, 5.74) is 1.59. The van der Waals surface area contributed by atoms with E-state index in [2.05, 4.69) is 5.32 Å². The molecule has 22 heavy (non-hydrogen) atoms. The molecule has 2 amide bonds. The van der Waals surface area contributed by atoms with Crippen molar-refractivity contribution in [3.05, 3.63) is 28.8 Å². The van der Waals surface area contributed by atoms with E-state index in [9.17, 15) is 9.59 Å². The number of nitrogens with one attached hydrogen (secondary N) is 1. The Hall–Kier alpha value is -1.55. The summed E-state index contributed by atoms with van der Waals surface area (Å²) in [5, 5.41) is 3.54. The van der Waals surface area contributed by atoms with Gasteiger partial charge in [0.2, 0.25) is 11.8 Å². The highest BCUT2D eigenvalue weighted by atomic mass is 35.5. The number of benzene rings is 1. The molecule has 118 valence electrons. The zero-order valence-electron chi connectivity index (χ0n) is 12.8. The molecule has 1 N–H and O–H groups in total. The maximum Gasteiger partial charge on any atom is 0.228 e. The first kappa shape index (κ1) is 15.3. The number of halogens is 1. The fourth-order valence-electron chi connectivity index (χ4n) is 3.07. The molecule has 2 fully saturated rings. The van der Waals surface area contributed by atoms with E-state index >= 15 is 0 Å². The highest BCUT2D eigenvalue weighted by Crippen LogP contribution is 2.41. The largest absolute Gasteiger partial charge is 0.342 e. The zero-order valence-corrected chi connectivity index (χ0v) is 13.5. The number of carbonyl (C=O) groups is 2. The van der Waals surface area contributed by atoms with E-state index in [1.165, 1.54) is 6.42 Å². The molecule has 1 aliphatic heterocycles. The Morgan fingerprint density at radius 1 is 1.18 bits per heavy atom. The normalized spacial score (nSPS) is 24.0. The lowest BCUT2D eigenvalue weighted by Crippen LogP contribution is -2.37. The molecule has 2 atom stereocenters. The van der Waals surface area contributed by atoms with E-state index in [0.717, 1.165) is 37.2 Å². The maximum atomic E-state index is 12.4. The Kier molecular flexibility index (Phi) is 4.39. The van der Waals surface area contributed by atoms with Crippen LogP contribution in [0.4, 0.5) is 5.69 Å². The Bertz CT molecular complexity index is 596. The molecule has 1 saturated heterocycles. The van der Waals surface area contributed by atoms with Crippen molar-refractivity contribution in [3.63, 3.8) is 0 Å². The summed E-state index contributed by atoms with van der Waals surface area (Å²) in [6.45, 7) is 3.56. The Balaban J connectivity index is 1.58. The first-order valence-electron chi connectivity index (χ1n) is 7.92. The van der Waals surface area contributed by atoms with Gasteiger partial charge >= 0.3 is 0 Å². The highest BCUT2D eigenvalue weighted by molar-refractivity contribution is 6.31. The van der Waals surface area contributed by atoms with Crippen LogP contribution < -0.4 is 5.32 Å². The topological polar surface area (TPSA) is 49.4 Å². The van der Waals surface area contributed by atoms with Gasteiger partial charge in [-0.1, -0.05) is 17.7 Å². The van der Waals surface area contributed by atoms with Crippen LogP contribution in [-0.2, 0) is 9.59 Å². The lowest BCUT2D eigenvalue weighted by atomic mass is 10.1. The summed E-state index contributed by atoms with van der Waals surface area (Å²) in [6, 6.07) is 5.45. The van der Waals surface area contributed by atoms with Crippen LogP contribution in [0.1, 0.15) is 31.2 Å². The van der Waals surface area contributed by atoms with Gasteiger partial charge in [-0.15, -0.1) is 0 Å². The molecule has 1 saturated carbocycles. The number of carbonyl (C=O) groups excluding carboxylic acids is 2. The molecule has 1 aliphatic carbocycles. The van der Waals surface area contributed by atoms with Crippen LogP contribution >= 0.6 is 11.6 Å². The van der Waals surface area contributed by atoms with E-state index in [1.807, 2.05) is 24.0 Å². The molecule has 0 spiro atoms. The zero-order chi connectivity index (χ0) is 15.7. The number of hydrogen-bond donors (Lipinski definition) is 1. The third kappa shape index (κ3) is 3.12. The van der Waals surface area contributed by atoms with Crippen molar-refractivity contribution in [2.75, 3.05) is 18.4 Å². The monoisotopic (exact) mass is 320 g/mol. The Morgan fingerprint density at radius 2 is 1.91 bits per heavy atom. The molecule has 0 aromatic heterocycles. The van der Waals surface area contributed by atoms with Gasteiger partial charge in [0.1, 0.15) is 0 Å². The molecule has 0 bridgehead atoms. The molecule has 4 nitrogen and oxygen atoms in total.